The molecule has 0 aliphatic carbocycles. The van der Waals surface area contributed by atoms with Crippen LogP contribution in [0.3, 0.4) is 0 Å². The lowest BCUT2D eigenvalue weighted by Crippen LogP contribution is -2.61. The van der Waals surface area contributed by atoms with Crippen LogP contribution in [0.2, 0.25) is 0 Å². The highest BCUT2D eigenvalue weighted by molar-refractivity contribution is 6.07. The zero-order valence-corrected chi connectivity index (χ0v) is 43.8. The third-order valence-corrected chi connectivity index (χ3v) is 13.7. The van der Waals surface area contributed by atoms with Gasteiger partial charge in [-0.2, -0.15) is 0 Å². The van der Waals surface area contributed by atoms with Crippen molar-refractivity contribution in [1.29, 1.82) is 0 Å². The maximum absolute atomic E-state index is 14.5. The summed E-state index contributed by atoms with van der Waals surface area (Å²) in [5.41, 5.74) is 6.10. The number of methoxy groups -OCH3 is 1. The zero-order chi connectivity index (χ0) is 54.8. The normalized spacial score (nSPS) is 27.7. The molecule has 2 unspecified atom stereocenters. The summed E-state index contributed by atoms with van der Waals surface area (Å²) in [4.78, 5) is 156. The Kier molecular flexibility index (Phi) is 22.9. The topological polar surface area (TPSA) is 311 Å². The van der Waals surface area contributed by atoms with Crippen molar-refractivity contribution in [3.05, 3.63) is 59.3 Å². The molecule has 4 rings (SSSR count). The van der Waals surface area contributed by atoms with Gasteiger partial charge in [-0.25, -0.2) is 4.79 Å². The number of carbonyl (C=O) groups excluding carboxylic acids is 11. The first kappa shape index (κ1) is 59.6. The van der Waals surface area contributed by atoms with Crippen LogP contribution >= 0.6 is 0 Å². The summed E-state index contributed by atoms with van der Waals surface area (Å²) >= 11 is 0. The predicted molar refractivity (Wildman–Crippen MR) is 269 cm³/mol. The number of ether oxygens (including phenoxy) is 2. The van der Waals surface area contributed by atoms with E-state index in [0.717, 1.165) is 0 Å². The van der Waals surface area contributed by atoms with Gasteiger partial charge in [-0.15, -0.1) is 0 Å². The molecule has 8 N–H and O–H groups in total. The van der Waals surface area contributed by atoms with E-state index in [1.807, 2.05) is 6.92 Å². The summed E-state index contributed by atoms with van der Waals surface area (Å²) in [7, 11) is 1.27. The first-order valence-electron chi connectivity index (χ1n) is 25.5. The van der Waals surface area contributed by atoms with Crippen LogP contribution in [0.15, 0.2) is 53.8 Å². The molecular weight excluding hydrogens is 959 g/mol. The fraction of sp³-hybridized carbons (Fsp3) is 0.596. The molecule has 0 spiro atoms. The highest BCUT2D eigenvalue weighted by Gasteiger charge is 2.44. The molecule has 3 heterocycles. The lowest BCUT2D eigenvalue weighted by molar-refractivity contribution is -0.160. The van der Waals surface area contributed by atoms with Crippen LogP contribution in [-0.2, 0) is 68.6 Å². The van der Waals surface area contributed by atoms with Crippen LogP contribution < -0.4 is 37.6 Å². The Bertz CT molecular complexity index is 2310. The highest BCUT2D eigenvalue weighted by Crippen LogP contribution is 2.24. The van der Waals surface area contributed by atoms with Crippen LogP contribution in [0.1, 0.15) is 112 Å². The van der Waals surface area contributed by atoms with Gasteiger partial charge < -0.3 is 56.9 Å². The Morgan fingerprint density at radius 2 is 1.46 bits per heavy atom. The van der Waals surface area contributed by atoms with Gasteiger partial charge in [-0.05, 0) is 84.1 Å². The second kappa shape index (κ2) is 28.5. The molecule has 0 bridgehead atoms. The fourth-order valence-corrected chi connectivity index (χ4v) is 9.04. The van der Waals surface area contributed by atoms with Crippen molar-refractivity contribution in [2.75, 3.05) is 26.8 Å². The number of allylic oxidation sites excluding steroid dienone is 2. The van der Waals surface area contributed by atoms with Gasteiger partial charge in [0.2, 0.25) is 47.3 Å². The van der Waals surface area contributed by atoms with Gasteiger partial charge in [0, 0.05) is 32.2 Å². The Hall–Kier alpha value is -6.97. The van der Waals surface area contributed by atoms with Gasteiger partial charge in [-0.1, -0.05) is 76.1 Å². The van der Waals surface area contributed by atoms with Crippen molar-refractivity contribution < 1.29 is 62.2 Å². The van der Waals surface area contributed by atoms with Crippen molar-refractivity contribution in [3.63, 3.8) is 0 Å². The molecule has 1 aromatic rings. The molecule has 3 fully saturated rings. The lowest BCUT2D eigenvalue weighted by Gasteiger charge is -2.32. The maximum atomic E-state index is 14.5. The number of carbonyl (C=O) groups is 11. The lowest BCUT2D eigenvalue weighted by atomic mass is 9.93. The number of amides is 9. The molecule has 0 radical (unpaired) electrons. The van der Waals surface area contributed by atoms with Gasteiger partial charge in [0.1, 0.15) is 48.1 Å². The third-order valence-electron chi connectivity index (χ3n) is 13.7. The number of nitrogens with two attached hydrogens (primary N) is 1. The van der Waals surface area contributed by atoms with Crippen LogP contribution in [0, 0.1) is 11.8 Å². The van der Waals surface area contributed by atoms with E-state index in [9.17, 15) is 52.7 Å². The van der Waals surface area contributed by atoms with Crippen LogP contribution in [0.4, 0.5) is 0 Å². The van der Waals surface area contributed by atoms with Crippen LogP contribution in [-0.4, -0.2) is 150 Å². The van der Waals surface area contributed by atoms with Gasteiger partial charge in [0.25, 0.3) is 5.91 Å². The number of nitrogens with zero attached hydrogens (tertiary/aromatic N) is 2. The SMILES string of the molecule is C/C=C1/NC(=O)[C@@H]2CCCN2C(=O)C(C)C(=O)C(Cc2ccccc2)NC(=O)[C@H](COC)NC(=O)[C@H](NC(=O)/C(C)=C\CCC)[C@H](C)OC(=O)[C@@H]2CCCN2C(=O)[C@H](CCC(N)=O)NC(=O)[C@H]([C@@H](C)CC)NC1=O. The number of Topliss-reactive ketones (excluding diaryl/α,β-unsaturated/α-hetero) is 1. The van der Waals surface area contributed by atoms with E-state index >= 15 is 0 Å². The first-order chi connectivity index (χ1) is 35.2. The minimum absolute atomic E-state index is 0.0260. The number of benzene rings is 1. The Balaban J connectivity index is 1.83. The van der Waals surface area contributed by atoms with E-state index in [1.54, 1.807) is 50.3 Å². The Morgan fingerprint density at radius 3 is 2.07 bits per heavy atom. The molecular formula is C52H75N9O13. The second-order valence-electron chi connectivity index (χ2n) is 19.1. The standard InChI is InChI=1S/C52H75N9O13/c1-9-12-18-30(5)44(64)59-42-32(7)74-52(72)39-22-17-26-61(39)51(71)35(23-24-40(53)62)55-48(68)41(29(4)10-2)58-45(65)34(11-3)54-47(67)38-21-16-25-60(38)50(70)31(6)43(63)36(27-33-19-14-13-15-20-33)56-46(66)37(28-73-8)57-49(42)69/h11,13-15,18-20,29,31-32,35-39,41-42H,9-10,12,16-17,21-28H2,1-8H3,(H2,53,62)(H,54,67)(H,55,68)(H,56,66)(H,57,69)(H,58,65)(H,59,64)/b30-18-,34-11+/t29-,31?,32-,35-,36?,37-,38-,39-,41-,42+/m0/s1. The minimum Gasteiger partial charge on any atom is -0.458 e. The number of hydrogen-bond acceptors (Lipinski definition) is 13. The van der Waals surface area contributed by atoms with E-state index in [2.05, 4.69) is 31.9 Å². The van der Waals surface area contributed by atoms with E-state index in [1.165, 1.54) is 50.7 Å². The number of primary amides is 1. The molecule has 9 amide bonds. The van der Waals surface area contributed by atoms with Crippen molar-refractivity contribution in [2.24, 2.45) is 17.6 Å². The van der Waals surface area contributed by atoms with Gasteiger partial charge in [0.05, 0.1) is 18.6 Å². The number of rotatable bonds is 13. The van der Waals surface area contributed by atoms with Crippen LogP contribution in [0.25, 0.3) is 0 Å². The molecule has 0 aromatic heterocycles. The summed E-state index contributed by atoms with van der Waals surface area (Å²) in [6.07, 6.45) is 3.40. The Morgan fingerprint density at radius 1 is 0.838 bits per heavy atom. The average Bonchev–Trinajstić information content (AvgIpc) is 4.09. The quantitative estimate of drug-likeness (QED) is 0.0806. The number of unbranched alkanes of at least 4 members (excludes halogenated alkanes) is 1. The molecule has 406 valence electrons. The first-order valence-corrected chi connectivity index (χ1v) is 25.5. The van der Waals surface area contributed by atoms with E-state index in [4.69, 9.17) is 15.2 Å². The van der Waals surface area contributed by atoms with E-state index in [-0.39, 0.29) is 56.5 Å². The van der Waals surface area contributed by atoms with Crippen molar-refractivity contribution >= 4 is 64.9 Å². The number of esters is 1. The summed E-state index contributed by atoms with van der Waals surface area (Å²) in [5, 5.41) is 15.8. The fourth-order valence-electron chi connectivity index (χ4n) is 9.04. The van der Waals surface area contributed by atoms with Gasteiger partial charge in [0.15, 0.2) is 5.78 Å². The van der Waals surface area contributed by atoms with Crippen molar-refractivity contribution in [3.8, 4) is 0 Å². The summed E-state index contributed by atoms with van der Waals surface area (Å²) < 4.78 is 11.2. The average molecular weight is 1030 g/mol. The second-order valence-corrected chi connectivity index (χ2v) is 19.1. The predicted octanol–water partition coefficient (Wildman–Crippen LogP) is 0.510. The Labute approximate surface area is 432 Å². The number of ketones is 1. The molecule has 0 saturated carbocycles. The number of cyclic esters (lactones) is 1. The number of nitrogens with one attached hydrogen (secondary N) is 6. The molecule has 10 atom stereocenters. The number of hydrogen-bond donors (Lipinski definition) is 7. The van der Waals surface area contributed by atoms with E-state index < -0.39 is 132 Å². The number of fused-ring (bicyclic) bond motifs is 2. The molecule has 3 aliphatic rings. The van der Waals surface area contributed by atoms with Crippen LogP contribution in [0.5, 0.6) is 0 Å². The minimum atomic E-state index is -1.65. The maximum Gasteiger partial charge on any atom is 0.329 e. The van der Waals surface area contributed by atoms with E-state index in [0.29, 0.717) is 37.7 Å². The van der Waals surface area contributed by atoms with Crippen molar-refractivity contribution in [2.45, 2.75) is 161 Å². The third kappa shape index (κ3) is 16.0. The molecule has 22 nitrogen and oxygen atoms in total. The molecule has 22 heteroatoms. The highest BCUT2D eigenvalue weighted by atomic mass is 16.5. The van der Waals surface area contributed by atoms with Gasteiger partial charge in [-0.3, -0.25) is 47.9 Å². The summed E-state index contributed by atoms with van der Waals surface area (Å²) in [5.74, 6) is -10.9. The molecule has 3 aliphatic heterocycles. The van der Waals surface area contributed by atoms with Crippen molar-refractivity contribution in [1.82, 2.24) is 41.7 Å². The summed E-state index contributed by atoms with van der Waals surface area (Å²) in [6, 6.07) is -0.974. The molecule has 1 aromatic carbocycles. The van der Waals surface area contributed by atoms with Gasteiger partial charge >= 0.3 is 5.97 Å². The summed E-state index contributed by atoms with van der Waals surface area (Å²) in [6.45, 7) is 10.8. The monoisotopic (exact) mass is 1030 g/mol. The zero-order valence-electron chi connectivity index (χ0n) is 43.8. The largest absolute Gasteiger partial charge is 0.458 e. The molecule has 74 heavy (non-hydrogen) atoms. The smallest absolute Gasteiger partial charge is 0.329 e. The molecule has 3 saturated heterocycles.